The summed E-state index contributed by atoms with van der Waals surface area (Å²) in [5.74, 6) is 1.08. The summed E-state index contributed by atoms with van der Waals surface area (Å²) < 4.78 is 39.1. The number of anilines is 5. The first kappa shape index (κ1) is 26.9. The molecule has 198 valence electrons. The van der Waals surface area contributed by atoms with Gasteiger partial charge in [0.05, 0.1) is 37.9 Å². The van der Waals surface area contributed by atoms with Gasteiger partial charge in [0.15, 0.2) is 5.82 Å². The van der Waals surface area contributed by atoms with E-state index in [-0.39, 0.29) is 40.5 Å². The lowest BCUT2D eigenvalue weighted by Gasteiger charge is -2.29. The average molecular weight is 549 g/mol. The Kier molecular flexibility index (Phi) is 9.00. The van der Waals surface area contributed by atoms with Gasteiger partial charge < -0.3 is 30.1 Å². The number of aliphatic hydroxyl groups excluding tert-OH is 1. The number of methoxy groups -OCH3 is 1. The normalized spacial score (nSPS) is 13.9. The number of aromatic nitrogens is 2. The molecule has 37 heavy (non-hydrogen) atoms. The summed E-state index contributed by atoms with van der Waals surface area (Å²) in [6, 6.07) is 12.2. The number of para-hydroxylation sites is 1. The molecule has 0 aliphatic carbocycles. The highest BCUT2D eigenvalue weighted by molar-refractivity contribution is 7.89. The van der Waals surface area contributed by atoms with Crippen LogP contribution in [0.15, 0.2) is 53.6 Å². The summed E-state index contributed by atoms with van der Waals surface area (Å²) in [6.45, 7) is 2.97. The second-order valence-electron chi connectivity index (χ2n) is 8.10. The third kappa shape index (κ3) is 6.79. The van der Waals surface area contributed by atoms with Crippen LogP contribution in [0, 0.1) is 0 Å². The van der Waals surface area contributed by atoms with Crippen molar-refractivity contribution in [3.05, 3.63) is 53.7 Å². The van der Waals surface area contributed by atoms with Crippen molar-refractivity contribution in [2.45, 2.75) is 11.3 Å². The number of hydrogen-bond donors (Lipinski definition) is 4. The number of aliphatic hydroxyl groups is 1. The molecule has 0 bridgehead atoms. The van der Waals surface area contributed by atoms with E-state index >= 15 is 0 Å². The lowest BCUT2D eigenvalue weighted by Crippen LogP contribution is -2.36. The molecule has 0 amide bonds. The molecular formula is C24H29ClN6O5S. The van der Waals surface area contributed by atoms with Crippen molar-refractivity contribution < 1.29 is 23.0 Å². The second-order valence-corrected chi connectivity index (χ2v) is 10.2. The Bertz CT molecular complexity index is 1320. The van der Waals surface area contributed by atoms with Gasteiger partial charge in [-0.25, -0.2) is 18.1 Å². The Hall–Kier alpha value is -3.16. The topological polar surface area (TPSA) is 138 Å². The molecule has 0 spiro atoms. The molecule has 1 saturated heterocycles. The number of morpholine rings is 1. The van der Waals surface area contributed by atoms with Gasteiger partial charge in [-0.1, -0.05) is 23.7 Å². The number of rotatable bonds is 11. The number of nitrogens with one attached hydrogen (secondary N) is 3. The quantitative estimate of drug-likeness (QED) is 0.264. The maximum Gasteiger partial charge on any atom is 0.242 e. The van der Waals surface area contributed by atoms with Crippen LogP contribution in [-0.4, -0.2) is 70.1 Å². The van der Waals surface area contributed by atoms with Gasteiger partial charge in [0.1, 0.15) is 15.7 Å². The molecule has 2 aromatic carbocycles. The molecular weight excluding hydrogens is 520 g/mol. The molecule has 11 nitrogen and oxygen atoms in total. The number of nitrogens with zero attached hydrogens (tertiary/aromatic N) is 3. The SMILES string of the molecule is COc1cc(N2CCOCC2)ccc1Nc1ncc(Cl)c(Nc2ccccc2S(=O)(=O)NCCCO)n1. The highest BCUT2D eigenvalue weighted by Gasteiger charge is 2.19. The zero-order valence-corrected chi connectivity index (χ0v) is 21.8. The van der Waals surface area contributed by atoms with Gasteiger partial charge in [-0.15, -0.1) is 0 Å². The number of hydrogen-bond acceptors (Lipinski definition) is 10. The average Bonchev–Trinajstić information content (AvgIpc) is 2.91. The predicted molar refractivity (Wildman–Crippen MR) is 143 cm³/mol. The minimum Gasteiger partial charge on any atom is -0.494 e. The molecule has 0 unspecified atom stereocenters. The van der Waals surface area contributed by atoms with Crippen LogP contribution in [0.2, 0.25) is 5.02 Å². The minimum atomic E-state index is -3.83. The van der Waals surface area contributed by atoms with Crippen LogP contribution in [0.4, 0.5) is 28.8 Å². The van der Waals surface area contributed by atoms with E-state index in [1.54, 1.807) is 25.3 Å². The highest BCUT2D eigenvalue weighted by atomic mass is 35.5. The monoisotopic (exact) mass is 548 g/mol. The molecule has 3 aromatic rings. The van der Waals surface area contributed by atoms with Crippen molar-refractivity contribution in [3.8, 4) is 5.75 Å². The van der Waals surface area contributed by atoms with Crippen LogP contribution in [0.1, 0.15) is 6.42 Å². The van der Waals surface area contributed by atoms with Crippen molar-refractivity contribution >= 4 is 50.5 Å². The molecule has 1 aliphatic heterocycles. The van der Waals surface area contributed by atoms with E-state index in [1.165, 1.54) is 12.3 Å². The summed E-state index contributed by atoms with van der Waals surface area (Å²) >= 11 is 6.33. The first-order chi connectivity index (χ1) is 17.9. The van der Waals surface area contributed by atoms with Gasteiger partial charge in [-0.05, 0) is 30.7 Å². The van der Waals surface area contributed by atoms with Crippen molar-refractivity contribution in [1.82, 2.24) is 14.7 Å². The molecule has 1 aromatic heterocycles. The maximum absolute atomic E-state index is 12.8. The molecule has 1 fully saturated rings. The fourth-order valence-electron chi connectivity index (χ4n) is 3.73. The van der Waals surface area contributed by atoms with E-state index in [9.17, 15) is 8.42 Å². The molecule has 0 saturated carbocycles. The van der Waals surface area contributed by atoms with Crippen molar-refractivity contribution in [2.24, 2.45) is 0 Å². The number of sulfonamides is 1. The Morgan fingerprint density at radius 3 is 2.68 bits per heavy atom. The fraction of sp³-hybridized carbons (Fsp3) is 0.333. The molecule has 2 heterocycles. The van der Waals surface area contributed by atoms with E-state index in [2.05, 4.69) is 30.2 Å². The Labute approximate surface area is 220 Å². The molecule has 4 rings (SSSR count). The minimum absolute atomic E-state index is 0.0255. The summed E-state index contributed by atoms with van der Waals surface area (Å²) in [5, 5.41) is 15.3. The first-order valence-corrected chi connectivity index (χ1v) is 13.5. The van der Waals surface area contributed by atoms with Crippen LogP contribution in [0.5, 0.6) is 5.75 Å². The molecule has 1 aliphatic rings. The first-order valence-electron chi connectivity index (χ1n) is 11.7. The predicted octanol–water partition coefficient (Wildman–Crippen LogP) is 3.12. The number of halogens is 1. The van der Waals surface area contributed by atoms with Crippen LogP contribution < -0.4 is 25.0 Å². The van der Waals surface area contributed by atoms with E-state index in [0.29, 0.717) is 31.1 Å². The van der Waals surface area contributed by atoms with E-state index in [0.717, 1.165) is 18.8 Å². The smallest absolute Gasteiger partial charge is 0.242 e. The van der Waals surface area contributed by atoms with Crippen LogP contribution in [0.25, 0.3) is 0 Å². The number of benzene rings is 2. The molecule has 0 radical (unpaired) electrons. The molecule has 13 heteroatoms. The Morgan fingerprint density at radius 2 is 1.92 bits per heavy atom. The van der Waals surface area contributed by atoms with Crippen LogP contribution >= 0.6 is 11.6 Å². The standard InChI is InChI=1S/C24H29ClN6O5S/c1-35-21-15-17(31-10-13-36-14-11-31)7-8-19(21)29-24-26-16-18(25)23(30-24)28-20-5-2-3-6-22(20)37(33,34)27-9-4-12-32/h2-3,5-8,15-16,27,32H,4,9-14H2,1H3,(H2,26,28,29,30). The maximum atomic E-state index is 12.8. The summed E-state index contributed by atoms with van der Waals surface area (Å²) in [4.78, 5) is 11.0. The van der Waals surface area contributed by atoms with Gasteiger partial charge in [0.25, 0.3) is 0 Å². The largest absolute Gasteiger partial charge is 0.494 e. The Morgan fingerprint density at radius 1 is 1.14 bits per heavy atom. The van der Waals surface area contributed by atoms with E-state index in [4.69, 9.17) is 26.2 Å². The third-order valence-corrected chi connectivity index (χ3v) is 7.40. The highest BCUT2D eigenvalue weighted by Crippen LogP contribution is 2.33. The van der Waals surface area contributed by atoms with E-state index < -0.39 is 10.0 Å². The van der Waals surface area contributed by atoms with Gasteiger partial charge in [-0.2, -0.15) is 4.98 Å². The van der Waals surface area contributed by atoms with Gasteiger partial charge in [-0.3, -0.25) is 0 Å². The molecule has 0 atom stereocenters. The Balaban J connectivity index is 1.55. The zero-order chi connectivity index (χ0) is 26.3. The zero-order valence-electron chi connectivity index (χ0n) is 20.3. The van der Waals surface area contributed by atoms with Gasteiger partial charge >= 0.3 is 0 Å². The van der Waals surface area contributed by atoms with Crippen LogP contribution in [-0.2, 0) is 14.8 Å². The third-order valence-electron chi connectivity index (χ3n) is 5.61. The summed E-state index contributed by atoms with van der Waals surface area (Å²) in [6.07, 6.45) is 1.73. The van der Waals surface area contributed by atoms with Gasteiger partial charge in [0, 0.05) is 38.0 Å². The number of ether oxygens (including phenoxy) is 2. The van der Waals surface area contributed by atoms with Crippen molar-refractivity contribution in [3.63, 3.8) is 0 Å². The summed E-state index contributed by atoms with van der Waals surface area (Å²) in [5.41, 5.74) is 1.97. The van der Waals surface area contributed by atoms with Crippen molar-refractivity contribution in [2.75, 3.05) is 62.1 Å². The lowest BCUT2D eigenvalue weighted by molar-refractivity contribution is 0.122. The summed E-state index contributed by atoms with van der Waals surface area (Å²) in [7, 11) is -2.24. The van der Waals surface area contributed by atoms with Crippen molar-refractivity contribution in [1.29, 1.82) is 0 Å². The lowest BCUT2D eigenvalue weighted by atomic mass is 10.2. The van der Waals surface area contributed by atoms with Gasteiger partial charge in [0.2, 0.25) is 16.0 Å². The second kappa shape index (κ2) is 12.4. The van der Waals surface area contributed by atoms with E-state index in [1.807, 2.05) is 18.2 Å². The van der Waals surface area contributed by atoms with Crippen LogP contribution in [0.3, 0.4) is 0 Å². The fourth-order valence-corrected chi connectivity index (χ4v) is 5.11. The molecule has 4 N–H and O–H groups in total.